The van der Waals surface area contributed by atoms with Crippen molar-refractivity contribution in [2.45, 2.75) is 48.1 Å². The average Bonchev–Trinajstić information content (AvgIpc) is 2.35. The van der Waals surface area contributed by atoms with Gasteiger partial charge in [-0.2, -0.15) is 17.2 Å². The van der Waals surface area contributed by atoms with Gasteiger partial charge in [-0.1, -0.05) is 19.3 Å². The molecule has 0 spiro atoms. The topological polar surface area (TPSA) is 118 Å². The lowest BCUT2D eigenvalue weighted by Gasteiger charge is -2.27. The predicted molar refractivity (Wildman–Crippen MR) is 65.3 cm³/mol. The van der Waals surface area contributed by atoms with Crippen molar-refractivity contribution in [2.75, 3.05) is 0 Å². The van der Waals surface area contributed by atoms with E-state index < -0.39 is 36.0 Å². The third kappa shape index (κ3) is 3.32. The van der Waals surface area contributed by atoms with Crippen LogP contribution in [0.4, 0.5) is 8.78 Å². The van der Waals surface area contributed by atoms with Crippen molar-refractivity contribution in [3.8, 4) is 0 Å². The summed E-state index contributed by atoms with van der Waals surface area (Å²) in [5, 5.41) is -0.174. The molecule has 7 nitrogen and oxygen atoms in total. The standard InChI is InChI=1S/C9H15F2NO6S2/c10-9(11,20(16,17)18)19(14,15)8(6-13)12-7-4-2-1-3-5-7/h6-8,12H,1-5H2,(H,16,17,18). The number of rotatable bonds is 6. The molecule has 1 aliphatic carbocycles. The maximum Gasteiger partial charge on any atom is 0.472 e. The zero-order valence-electron chi connectivity index (χ0n) is 10.3. The minimum atomic E-state index is -6.18. The Labute approximate surface area is 115 Å². The van der Waals surface area contributed by atoms with E-state index in [4.69, 9.17) is 4.55 Å². The second-order valence-corrected chi connectivity index (χ2v) is 8.37. The Morgan fingerprint density at radius 3 is 2.05 bits per heavy atom. The van der Waals surface area contributed by atoms with Crippen molar-refractivity contribution < 1.29 is 35.0 Å². The van der Waals surface area contributed by atoms with E-state index in [1.54, 1.807) is 0 Å². The first kappa shape index (κ1) is 17.4. The minimum absolute atomic E-state index is 0.303. The molecule has 1 rings (SSSR count). The molecular formula is C9H15F2NO6S2. The number of hydrogen-bond acceptors (Lipinski definition) is 6. The van der Waals surface area contributed by atoms with E-state index in [1.165, 1.54) is 0 Å². The first-order valence-electron chi connectivity index (χ1n) is 5.83. The van der Waals surface area contributed by atoms with Crippen LogP contribution in [0.2, 0.25) is 0 Å². The van der Waals surface area contributed by atoms with E-state index in [2.05, 4.69) is 5.32 Å². The third-order valence-electron chi connectivity index (χ3n) is 3.09. The van der Waals surface area contributed by atoms with E-state index >= 15 is 0 Å². The smallest absolute Gasteiger partial charge is 0.300 e. The van der Waals surface area contributed by atoms with Gasteiger partial charge >= 0.3 is 14.7 Å². The molecular weight excluding hydrogens is 320 g/mol. The van der Waals surface area contributed by atoms with Gasteiger partial charge in [-0.3, -0.25) is 9.87 Å². The summed E-state index contributed by atoms with van der Waals surface area (Å²) < 4.78 is 73.5. The highest BCUT2D eigenvalue weighted by Gasteiger charge is 2.60. The van der Waals surface area contributed by atoms with Gasteiger partial charge in [0.1, 0.15) is 0 Å². The van der Waals surface area contributed by atoms with Gasteiger partial charge in [0.2, 0.25) is 0 Å². The fourth-order valence-corrected chi connectivity index (χ4v) is 4.30. The summed E-state index contributed by atoms with van der Waals surface area (Å²) in [4.78, 5) is 10.7. The number of carbonyl (C=O) groups is 1. The minimum Gasteiger partial charge on any atom is -0.300 e. The molecule has 0 amide bonds. The van der Waals surface area contributed by atoms with Gasteiger partial charge in [-0.05, 0) is 12.8 Å². The number of hydrogen-bond donors (Lipinski definition) is 2. The lowest BCUT2D eigenvalue weighted by Crippen LogP contribution is -2.52. The molecule has 1 saturated carbocycles. The van der Waals surface area contributed by atoms with E-state index in [0.29, 0.717) is 12.8 Å². The summed E-state index contributed by atoms with van der Waals surface area (Å²) in [6, 6.07) is -0.467. The van der Waals surface area contributed by atoms with Crippen molar-refractivity contribution in [1.82, 2.24) is 5.32 Å². The second kappa shape index (κ2) is 6.00. The van der Waals surface area contributed by atoms with E-state index in [-0.39, 0.29) is 6.29 Å². The first-order chi connectivity index (χ1) is 9.04. The zero-order valence-corrected chi connectivity index (χ0v) is 12.0. The highest BCUT2D eigenvalue weighted by Crippen LogP contribution is 2.30. The maximum atomic E-state index is 13.3. The predicted octanol–water partition coefficient (Wildman–Crippen LogP) is 0.287. The van der Waals surface area contributed by atoms with Crippen LogP contribution in [0.5, 0.6) is 0 Å². The van der Waals surface area contributed by atoms with Gasteiger partial charge < -0.3 is 4.79 Å². The van der Waals surface area contributed by atoms with Crippen LogP contribution in [-0.4, -0.2) is 43.7 Å². The quantitative estimate of drug-likeness (QED) is 0.529. The molecule has 0 bridgehead atoms. The monoisotopic (exact) mass is 335 g/mol. The number of alkyl halides is 2. The van der Waals surface area contributed by atoms with Gasteiger partial charge in [0.25, 0.3) is 9.84 Å². The molecule has 11 heteroatoms. The van der Waals surface area contributed by atoms with Crippen molar-refractivity contribution in [3.63, 3.8) is 0 Å². The summed E-state index contributed by atoms with van der Waals surface area (Å²) in [7, 11) is -11.9. The second-order valence-electron chi connectivity index (χ2n) is 4.54. The summed E-state index contributed by atoms with van der Waals surface area (Å²) in [5.41, 5.74) is 0. The molecule has 0 aromatic rings. The van der Waals surface area contributed by atoms with Gasteiger partial charge in [0, 0.05) is 6.04 Å². The summed E-state index contributed by atoms with van der Waals surface area (Å²) >= 11 is 0. The van der Waals surface area contributed by atoms with Crippen molar-refractivity contribution in [2.24, 2.45) is 0 Å². The van der Waals surface area contributed by atoms with Gasteiger partial charge in [-0.25, -0.2) is 8.42 Å². The summed E-state index contributed by atoms with van der Waals surface area (Å²) in [5.74, 6) is 0. The molecule has 2 N–H and O–H groups in total. The number of nitrogens with one attached hydrogen (secondary N) is 1. The Balaban J connectivity index is 3.01. The van der Waals surface area contributed by atoms with Crippen LogP contribution in [0.25, 0.3) is 0 Å². The molecule has 1 unspecified atom stereocenters. The Kier molecular flexibility index (Phi) is 5.22. The van der Waals surface area contributed by atoms with Crippen LogP contribution >= 0.6 is 0 Å². The van der Waals surface area contributed by atoms with Crippen molar-refractivity contribution in [1.29, 1.82) is 0 Å². The molecule has 0 saturated heterocycles. The Hall–Kier alpha value is -0.650. The molecule has 1 fully saturated rings. The fourth-order valence-electron chi connectivity index (χ4n) is 2.00. The lowest BCUT2D eigenvalue weighted by atomic mass is 9.96. The Bertz CT molecular complexity index is 553. The highest BCUT2D eigenvalue weighted by molar-refractivity contribution is 8.08. The van der Waals surface area contributed by atoms with Crippen LogP contribution in [0.3, 0.4) is 0 Å². The molecule has 1 aliphatic rings. The van der Waals surface area contributed by atoms with E-state index in [1.807, 2.05) is 0 Å². The Morgan fingerprint density at radius 2 is 1.65 bits per heavy atom. The maximum absolute atomic E-state index is 13.3. The van der Waals surface area contributed by atoms with Crippen molar-refractivity contribution >= 4 is 26.2 Å². The van der Waals surface area contributed by atoms with Crippen LogP contribution in [-0.2, 0) is 24.7 Å². The van der Waals surface area contributed by atoms with Gasteiger partial charge in [-0.15, -0.1) is 0 Å². The van der Waals surface area contributed by atoms with E-state index in [9.17, 15) is 30.4 Å². The Morgan fingerprint density at radius 1 is 1.15 bits per heavy atom. The first-order valence-corrected chi connectivity index (χ1v) is 8.82. The molecule has 0 heterocycles. The number of carbonyl (C=O) groups excluding carboxylic acids is 1. The van der Waals surface area contributed by atoms with Crippen LogP contribution in [0, 0.1) is 0 Å². The van der Waals surface area contributed by atoms with Crippen LogP contribution in [0.1, 0.15) is 32.1 Å². The SMILES string of the molecule is O=CC(NC1CCCCC1)S(=O)(=O)C(F)(F)S(=O)(=O)O. The molecule has 0 radical (unpaired) electrons. The lowest BCUT2D eigenvalue weighted by molar-refractivity contribution is -0.108. The summed E-state index contributed by atoms with van der Waals surface area (Å²) in [6.07, 6.45) is 3.10. The van der Waals surface area contributed by atoms with Crippen molar-refractivity contribution in [3.05, 3.63) is 0 Å². The molecule has 0 aromatic carbocycles. The van der Waals surface area contributed by atoms with Gasteiger partial charge in [0.05, 0.1) is 0 Å². The number of sulfone groups is 1. The number of halogens is 2. The van der Waals surface area contributed by atoms with Crippen LogP contribution in [0.15, 0.2) is 0 Å². The molecule has 0 aromatic heterocycles. The highest BCUT2D eigenvalue weighted by atomic mass is 32.3. The zero-order chi connectivity index (χ0) is 15.6. The normalized spacial score (nSPS) is 20.6. The molecule has 1 atom stereocenters. The third-order valence-corrected chi connectivity index (χ3v) is 6.60. The average molecular weight is 335 g/mol. The van der Waals surface area contributed by atoms with Gasteiger partial charge in [0.15, 0.2) is 11.7 Å². The van der Waals surface area contributed by atoms with Crippen LogP contribution < -0.4 is 5.32 Å². The van der Waals surface area contributed by atoms with E-state index in [0.717, 1.165) is 19.3 Å². The fraction of sp³-hybridized carbons (Fsp3) is 0.889. The number of aldehydes is 1. The molecule has 20 heavy (non-hydrogen) atoms. The summed E-state index contributed by atoms with van der Waals surface area (Å²) in [6.45, 7) is 0. The molecule has 0 aliphatic heterocycles. The molecule has 118 valence electrons. The largest absolute Gasteiger partial charge is 0.472 e.